The number of aromatic carboxylic acids is 1. The zero-order valence-electron chi connectivity index (χ0n) is 13.8. The first-order valence-corrected chi connectivity index (χ1v) is 7.73. The van der Waals surface area contributed by atoms with Crippen molar-refractivity contribution >= 4 is 17.6 Å². The molecule has 5 heteroatoms. The van der Waals surface area contributed by atoms with Crippen LogP contribution in [-0.4, -0.2) is 30.2 Å². The number of carbonyl (C=O) groups is 2. The fourth-order valence-corrected chi connectivity index (χ4v) is 2.40. The zero-order valence-corrected chi connectivity index (χ0v) is 13.8. The molecule has 2 aromatic rings. The molecular weight excluding hydrogens is 306 g/mol. The number of aryl methyl sites for hydroxylation is 2. The lowest BCUT2D eigenvalue weighted by molar-refractivity contribution is -0.120. The highest BCUT2D eigenvalue weighted by atomic mass is 16.5. The van der Waals surface area contributed by atoms with E-state index >= 15 is 0 Å². The quantitative estimate of drug-likeness (QED) is 0.766. The molecule has 0 fully saturated rings. The smallest absolute Gasteiger partial charge is 0.336 e. The molecule has 0 aliphatic rings. The zero-order chi connectivity index (χ0) is 17.5. The third kappa shape index (κ3) is 4.93. The second-order valence-corrected chi connectivity index (χ2v) is 5.62. The SMILES string of the molecule is Cc1cc(C)c(C(=O)O)cc1NC(=O)COCCc1ccccc1. The van der Waals surface area contributed by atoms with Crippen molar-refractivity contribution in [1.29, 1.82) is 0 Å². The lowest BCUT2D eigenvalue weighted by Gasteiger charge is -2.11. The molecule has 126 valence electrons. The molecule has 2 rings (SSSR count). The number of carboxylic acids is 1. The maximum atomic E-state index is 12.0. The lowest BCUT2D eigenvalue weighted by atomic mass is 10.0. The number of amides is 1. The molecule has 0 aliphatic carbocycles. The van der Waals surface area contributed by atoms with Crippen molar-refractivity contribution < 1.29 is 19.4 Å². The van der Waals surface area contributed by atoms with Gasteiger partial charge in [-0.25, -0.2) is 4.79 Å². The molecule has 0 aliphatic heterocycles. The molecular formula is C19H21NO4. The van der Waals surface area contributed by atoms with Gasteiger partial charge in [0, 0.05) is 5.69 Å². The minimum atomic E-state index is -1.01. The van der Waals surface area contributed by atoms with Crippen molar-refractivity contribution in [2.75, 3.05) is 18.5 Å². The van der Waals surface area contributed by atoms with E-state index in [1.54, 1.807) is 13.0 Å². The molecule has 1 amide bonds. The van der Waals surface area contributed by atoms with Gasteiger partial charge in [-0.05, 0) is 43.0 Å². The minimum Gasteiger partial charge on any atom is -0.478 e. The molecule has 0 unspecified atom stereocenters. The van der Waals surface area contributed by atoms with Crippen molar-refractivity contribution in [2.24, 2.45) is 0 Å². The van der Waals surface area contributed by atoms with E-state index in [2.05, 4.69) is 5.32 Å². The van der Waals surface area contributed by atoms with E-state index in [0.29, 0.717) is 17.9 Å². The van der Waals surface area contributed by atoms with Gasteiger partial charge in [-0.3, -0.25) is 4.79 Å². The molecule has 0 saturated carbocycles. The van der Waals surface area contributed by atoms with E-state index in [-0.39, 0.29) is 18.1 Å². The fourth-order valence-electron chi connectivity index (χ4n) is 2.40. The van der Waals surface area contributed by atoms with Crippen molar-refractivity contribution in [2.45, 2.75) is 20.3 Å². The normalized spacial score (nSPS) is 10.4. The van der Waals surface area contributed by atoms with Crippen LogP contribution in [0.1, 0.15) is 27.0 Å². The summed E-state index contributed by atoms with van der Waals surface area (Å²) in [6, 6.07) is 13.1. The number of rotatable bonds is 7. The second-order valence-electron chi connectivity index (χ2n) is 5.62. The fraction of sp³-hybridized carbons (Fsp3) is 0.263. The summed E-state index contributed by atoms with van der Waals surface area (Å²) in [4.78, 5) is 23.1. The Morgan fingerprint density at radius 2 is 1.79 bits per heavy atom. The van der Waals surface area contributed by atoms with Crippen LogP contribution < -0.4 is 5.32 Å². The lowest BCUT2D eigenvalue weighted by Crippen LogP contribution is -2.20. The summed E-state index contributed by atoms with van der Waals surface area (Å²) in [5.41, 5.74) is 3.31. The first-order chi connectivity index (χ1) is 11.5. The van der Waals surface area contributed by atoms with Crippen LogP contribution in [0.5, 0.6) is 0 Å². The Balaban J connectivity index is 1.86. The number of nitrogens with one attached hydrogen (secondary N) is 1. The Morgan fingerprint density at radius 1 is 1.08 bits per heavy atom. The Hall–Kier alpha value is -2.66. The van der Waals surface area contributed by atoms with Crippen molar-refractivity contribution in [3.63, 3.8) is 0 Å². The third-order valence-corrected chi connectivity index (χ3v) is 3.69. The monoisotopic (exact) mass is 327 g/mol. The van der Waals surface area contributed by atoms with Crippen LogP contribution in [0.4, 0.5) is 5.69 Å². The topological polar surface area (TPSA) is 75.6 Å². The Bertz CT molecular complexity index is 726. The van der Waals surface area contributed by atoms with Crippen LogP contribution in [-0.2, 0) is 16.0 Å². The van der Waals surface area contributed by atoms with E-state index in [1.165, 1.54) is 6.07 Å². The molecule has 0 aromatic heterocycles. The van der Waals surface area contributed by atoms with Crippen molar-refractivity contribution in [1.82, 2.24) is 0 Å². The van der Waals surface area contributed by atoms with Gasteiger partial charge in [0.15, 0.2) is 0 Å². The molecule has 0 saturated heterocycles. The van der Waals surface area contributed by atoms with Gasteiger partial charge in [-0.1, -0.05) is 36.4 Å². The molecule has 5 nitrogen and oxygen atoms in total. The maximum Gasteiger partial charge on any atom is 0.336 e. The van der Waals surface area contributed by atoms with Gasteiger partial charge in [0.2, 0.25) is 5.91 Å². The largest absolute Gasteiger partial charge is 0.478 e. The van der Waals surface area contributed by atoms with Crippen LogP contribution in [0.3, 0.4) is 0 Å². The summed E-state index contributed by atoms with van der Waals surface area (Å²) >= 11 is 0. The summed E-state index contributed by atoms with van der Waals surface area (Å²) in [5, 5.41) is 11.9. The van der Waals surface area contributed by atoms with Crippen molar-refractivity contribution in [3.05, 3.63) is 64.7 Å². The van der Waals surface area contributed by atoms with Crippen LogP contribution >= 0.6 is 0 Å². The number of carbonyl (C=O) groups excluding carboxylic acids is 1. The van der Waals surface area contributed by atoms with E-state index in [9.17, 15) is 9.59 Å². The van der Waals surface area contributed by atoms with Gasteiger partial charge in [-0.2, -0.15) is 0 Å². The number of hydrogen-bond donors (Lipinski definition) is 2. The maximum absolute atomic E-state index is 12.0. The first kappa shape index (κ1) is 17.7. The first-order valence-electron chi connectivity index (χ1n) is 7.73. The highest BCUT2D eigenvalue weighted by Gasteiger charge is 2.12. The van der Waals surface area contributed by atoms with E-state index in [1.807, 2.05) is 37.3 Å². The summed E-state index contributed by atoms with van der Waals surface area (Å²) in [7, 11) is 0. The van der Waals surface area contributed by atoms with Crippen LogP contribution in [0.15, 0.2) is 42.5 Å². The second kappa shape index (κ2) is 8.26. The molecule has 24 heavy (non-hydrogen) atoms. The number of benzene rings is 2. The van der Waals surface area contributed by atoms with E-state index in [0.717, 1.165) is 17.5 Å². The highest BCUT2D eigenvalue weighted by Crippen LogP contribution is 2.20. The average Bonchev–Trinajstić information content (AvgIpc) is 2.55. The molecule has 2 aromatic carbocycles. The Labute approximate surface area is 141 Å². The van der Waals surface area contributed by atoms with Gasteiger partial charge < -0.3 is 15.2 Å². The number of ether oxygens (including phenoxy) is 1. The van der Waals surface area contributed by atoms with E-state index < -0.39 is 5.97 Å². The van der Waals surface area contributed by atoms with Gasteiger partial charge >= 0.3 is 5.97 Å². The Kier molecular flexibility index (Phi) is 6.09. The van der Waals surface area contributed by atoms with Crippen LogP contribution in [0.2, 0.25) is 0 Å². The summed E-state index contributed by atoms with van der Waals surface area (Å²) in [6.07, 6.45) is 0.737. The minimum absolute atomic E-state index is 0.0669. The number of anilines is 1. The molecule has 0 spiro atoms. The molecule has 0 atom stereocenters. The van der Waals surface area contributed by atoms with Gasteiger partial charge in [0.05, 0.1) is 12.2 Å². The van der Waals surface area contributed by atoms with Gasteiger partial charge in [0.25, 0.3) is 0 Å². The molecule has 0 radical (unpaired) electrons. The third-order valence-electron chi connectivity index (χ3n) is 3.69. The number of hydrogen-bond acceptors (Lipinski definition) is 3. The summed E-state index contributed by atoms with van der Waals surface area (Å²) < 4.78 is 5.38. The number of carboxylic acid groups (broad SMARTS) is 1. The van der Waals surface area contributed by atoms with Crippen LogP contribution in [0.25, 0.3) is 0 Å². The average molecular weight is 327 g/mol. The predicted molar refractivity (Wildman–Crippen MR) is 92.5 cm³/mol. The van der Waals surface area contributed by atoms with Gasteiger partial charge in [-0.15, -0.1) is 0 Å². The summed E-state index contributed by atoms with van der Waals surface area (Å²) in [5.74, 6) is -1.31. The summed E-state index contributed by atoms with van der Waals surface area (Å²) in [6.45, 7) is 3.94. The predicted octanol–water partition coefficient (Wildman–Crippen LogP) is 3.20. The Morgan fingerprint density at radius 3 is 2.46 bits per heavy atom. The molecule has 2 N–H and O–H groups in total. The van der Waals surface area contributed by atoms with Crippen molar-refractivity contribution in [3.8, 4) is 0 Å². The molecule has 0 heterocycles. The van der Waals surface area contributed by atoms with Gasteiger partial charge in [0.1, 0.15) is 6.61 Å². The molecule has 0 bridgehead atoms. The van der Waals surface area contributed by atoms with E-state index in [4.69, 9.17) is 9.84 Å². The standard InChI is InChI=1S/C19H21NO4/c1-13-10-14(2)17(11-16(13)19(22)23)20-18(21)12-24-9-8-15-6-4-3-5-7-15/h3-7,10-11H,8-9,12H2,1-2H3,(H,20,21)(H,22,23). The highest BCUT2D eigenvalue weighted by molar-refractivity contribution is 5.96. The van der Waals surface area contributed by atoms with Crippen LogP contribution in [0, 0.1) is 13.8 Å².